The molecule has 2 amide bonds. The van der Waals surface area contributed by atoms with Gasteiger partial charge in [-0.3, -0.25) is 14.6 Å². The molecule has 0 saturated carbocycles. The number of piperidine rings is 1. The van der Waals surface area contributed by atoms with Crippen molar-refractivity contribution in [1.82, 2.24) is 9.88 Å². The summed E-state index contributed by atoms with van der Waals surface area (Å²) in [6.07, 6.45) is 2.28. The van der Waals surface area contributed by atoms with Crippen LogP contribution in [0, 0.1) is 5.82 Å². The van der Waals surface area contributed by atoms with Crippen molar-refractivity contribution in [1.29, 1.82) is 0 Å². The molecule has 1 fully saturated rings. The molecule has 6 heteroatoms. The standard InChI is InChI=1S/C24H24FN3O2/c25-20-9-3-1-6-16(20)11-12-22(29)28-13-5-8-18(15-28)23-19(24(26)30)14-17-7-2-4-10-21(17)27-23/h1-4,6-7,9-10,14,18H,5,8,11-13,15H2,(H2,26,30). The third kappa shape index (κ3) is 4.17. The number of carbonyl (C=O) groups excluding carboxylic acids is 2. The first-order valence-corrected chi connectivity index (χ1v) is 10.2. The molecule has 4 rings (SSSR count). The number of para-hydroxylation sites is 1. The zero-order valence-electron chi connectivity index (χ0n) is 16.7. The number of fused-ring (bicyclic) bond motifs is 1. The van der Waals surface area contributed by atoms with Crippen LogP contribution >= 0.6 is 0 Å². The highest BCUT2D eigenvalue weighted by atomic mass is 19.1. The summed E-state index contributed by atoms with van der Waals surface area (Å²) >= 11 is 0. The summed E-state index contributed by atoms with van der Waals surface area (Å²) in [5.41, 5.74) is 8.07. The highest BCUT2D eigenvalue weighted by Gasteiger charge is 2.28. The number of rotatable bonds is 5. The Morgan fingerprint density at radius 1 is 1.13 bits per heavy atom. The van der Waals surface area contributed by atoms with Crippen molar-refractivity contribution < 1.29 is 14.0 Å². The second-order valence-electron chi connectivity index (χ2n) is 7.75. The van der Waals surface area contributed by atoms with Gasteiger partial charge in [-0.2, -0.15) is 0 Å². The molecule has 154 valence electrons. The summed E-state index contributed by atoms with van der Waals surface area (Å²) in [5.74, 6) is -0.854. The lowest BCUT2D eigenvalue weighted by Gasteiger charge is -2.33. The van der Waals surface area contributed by atoms with E-state index in [1.54, 1.807) is 29.2 Å². The van der Waals surface area contributed by atoms with Crippen molar-refractivity contribution in [3.8, 4) is 0 Å². The maximum absolute atomic E-state index is 13.8. The normalized spacial score (nSPS) is 16.6. The van der Waals surface area contributed by atoms with E-state index in [1.165, 1.54) is 6.07 Å². The van der Waals surface area contributed by atoms with Crippen LogP contribution < -0.4 is 5.73 Å². The predicted octanol–water partition coefficient (Wildman–Crippen LogP) is 3.81. The van der Waals surface area contributed by atoms with Gasteiger partial charge in [-0.25, -0.2) is 4.39 Å². The SMILES string of the molecule is NC(=O)c1cc2ccccc2nc1C1CCCN(C(=O)CCc2ccccc2F)C1. The summed E-state index contributed by atoms with van der Waals surface area (Å²) in [7, 11) is 0. The monoisotopic (exact) mass is 405 g/mol. The average molecular weight is 405 g/mol. The maximum atomic E-state index is 13.8. The molecule has 3 aromatic rings. The van der Waals surface area contributed by atoms with Crippen molar-refractivity contribution in [2.75, 3.05) is 13.1 Å². The lowest BCUT2D eigenvalue weighted by atomic mass is 9.90. The molecule has 2 N–H and O–H groups in total. The number of benzene rings is 2. The molecule has 0 spiro atoms. The van der Waals surface area contributed by atoms with Crippen LogP contribution in [0.2, 0.25) is 0 Å². The minimum atomic E-state index is -0.508. The lowest BCUT2D eigenvalue weighted by Crippen LogP contribution is -2.40. The minimum absolute atomic E-state index is 0.00985. The van der Waals surface area contributed by atoms with Crippen LogP contribution in [0.25, 0.3) is 10.9 Å². The zero-order chi connectivity index (χ0) is 21.1. The molecular weight excluding hydrogens is 381 g/mol. The highest BCUT2D eigenvalue weighted by molar-refractivity contribution is 5.97. The fourth-order valence-electron chi connectivity index (χ4n) is 4.17. The number of nitrogens with two attached hydrogens (primary N) is 1. The average Bonchev–Trinajstić information content (AvgIpc) is 2.77. The van der Waals surface area contributed by atoms with Gasteiger partial charge < -0.3 is 10.6 Å². The maximum Gasteiger partial charge on any atom is 0.250 e. The molecule has 1 unspecified atom stereocenters. The highest BCUT2D eigenvalue weighted by Crippen LogP contribution is 2.30. The van der Waals surface area contributed by atoms with Crippen LogP contribution in [0.3, 0.4) is 0 Å². The van der Waals surface area contributed by atoms with Gasteiger partial charge in [-0.15, -0.1) is 0 Å². The van der Waals surface area contributed by atoms with E-state index < -0.39 is 5.91 Å². The smallest absolute Gasteiger partial charge is 0.250 e. The van der Waals surface area contributed by atoms with Crippen molar-refractivity contribution in [3.63, 3.8) is 0 Å². The van der Waals surface area contributed by atoms with Gasteiger partial charge in [0.2, 0.25) is 5.91 Å². The molecule has 2 aromatic carbocycles. The van der Waals surface area contributed by atoms with Crippen LogP contribution in [-0.2, 0) is 11.2 Å². The minimum Gasteiger partial charge on any atom is -0.366 e. The number of amides is 2. The number of carbonyl (C=O) groups is 2. The summed E-state index contributed by atoms with van der Waals surface area (Å²) in [6, 6.07) is 15.9. The second kappa shape index (κ2) is 8.61. The van der Waals surface area contributed by atoms with Crippen molar-refractivity contribution in [2.45, 2.75) is 31.6 Å². The lowest BCUT2D eigenvalue weighted by molar-refractivity contribution is -0.132. The molecule has 0 radical (unpaired) electrons. The topological polar surface area (TPSA) is 76.3 Å². The summed E-state index contributed by atoms with van der Waals surface area (Å²) in [4.78, 5) is 31.4. The van der Waals surface area contributed by atoms with E-state index in [4.69, 9.17) is 10.7 Å². The van der Waals surface area contributed by atoms with E-state index in [2.05, 4.69) is 0 Å². The van der Waals surface area contributed by atoms with Gasteiger partial charge in [0.1, 0.15) is 5.82 Å². The van der Waals surface area contributed by atoms with Crippen LogP contribution in [0.5, 0.6) is 0 Å². The van der Waals surface area contributed by atoms with E-state index in [0.29, 0.717) is 36.3 Å². The number of aryl methyl sites for hydroxylation is 1. The van der Waals surface area contributed by atoms with Gasteiger partial charge in [-0.05, 0) is 43.0 Å². The number of aromatic nitrogens is 1. The number of pyridine rings is 1. The van der Waals surface area contributed by atoms with E-state index in [9.17, 15) is 14.0 Å². The largest absolute Gasteiger partial charge is 0.366 e. The Morgan fingerprint density at radius 2 is 1.90 bits per heavy atom. The molecule has 1 aromatic heterocycles. The Labute approximate surface area is 174 Å². The van der Waals surface area contributed by atoms with Crippen molar-refractivity contribution in [2.24, 2.45) is 5.73 Å². The molecule has 1 aliphatic rings. The first kappa shape index (κ1) is 20.0. The fraction of sp³-hybridized carbons (Fsp3) is 0.292. The number of nitrogens with zero attached hydrogens (tertiary/aromatic N) is 2. The van der Waals surface area contributed by atoms with Crippen molar-refractivity contribution >= 4 is 22.7 Å². The zero-order valence-corrected chi connectivity index (χ0v) is 16.7. The van der Waals surface area contributed by atoms with Gasteiger partial charge >= 0.3 is 0 Å². The number of primary amides is 1. The van der Waals surface area contributed by atoms with Gasteiger partial charge in [0.25, 0.3) is 5.91 Å². The van der Waals surface area contributed by atoms with Crippen LogP contribution in [0.15, 0.2) is 54.6 Å². The van der Waals surface area contributed by atoms with Crippen molar-refractivity contribution in [3.05, 3.63) is 77.2 Å². The molecule has 30 heavy (non-hydrogen) atoms. The second-order valence-corrected chi connectivity index (χ2v) is 7.75. The fourth-order valence-corrected chi connectivity index (χ4v) is 4.17. The third-order valence-electron chi connectivity index (χ3n) is 5.75. The molecule has 0 aliphatic carbocycles. The quantitative estimate of drug-likeness (QED) is 0.701. The van der Waals surface area contributed by atoms with Crippen LogP contribution in [-0.4, -0.2) is 34.8 Å². The summed E-state index contributed by atoms with van der Waals surface area (Å²) < 4.78 is 13.8. The Hall–Kier alpha value is -3.28. The number of likely N-dealkylation sites (tertiary alicyclic amines) is 1. The van der Waals surface area contributed by atoms with E-state index in [-0.39, 0.29) is 24.1 Å². The first-order chi connectivity index (χ1) is 14.5. The molecule has 2 heterocycles. The first-order valence-electron chi connectivity index (χ1n) is 10.2. The van der Waals surface area contributed by atoms with Gasteiger partial charge in [0.05, 0.1) is 16.8 Å². The van der Waals surface area contributed by atoms with Gasteiger partial charge in [0.15, 0.2) is 0 Å². The third-order valence-corrected chi connectivity index (χ3v) is 5.75. The van der Waals surface area contributed by atoms with E-state index in [0.717, 1.165) is 23.7 Å². The van der Waals surface area contributed by atoms with Gasteiger partial charge in [-0.1, -0.05) is 36.4 Å². The molecule has 5 nitrogen and oxygen atoms in total. The predicted molar refractivity (Wildman–Crippen MR) is 114 cm³/mol. The Kier molecular flexibility index (Phi) is 5.74. The summed E-state index contributed by atoms with van der Waals surface area (Å²) in [6.45, 7) is 1.15. The Morgan fingerprint density at radius 3 is 2.70 bits per heavy atom. The van der Waals surface area contributed by atoms with E-state index >= 15 is 0 Å². The van der Waals surface area contributed by atoms with Gasteiger partial charge in [0, 0.05) is 30.8 Å². The Balaban J connectivity index is 1.52. The van der Waals surface area contributed by atoms with Crippen LogP contribution in [0.1, 0.15) is 46.8 Å². The molecule has 0 bridgehead atoms. The number of hydrogen-bond donors (Lipinski definition) is 1. The number of hydrogen-bond acceptors (Lipinski definition) is 3. The van der Waals surface area contributed by atoms with Crippen LogP contribution in [0.4, 0.5) is 4.39 Å². The Bertz CT molecular complexity index is 1100. The molecule has 1 saturated heterocycles. The molecule has 1 aliphatic heterocycles. The molecule has 1 atom stereocenters. The summed E-state index contributed by atoms with van der Waals surface area (Å²) in [5, 5.41) is 0.865. The molecular formula is C24H24FN3O2. The number of halogens is 1. The van der Waals surface area contributed by atoms with E-state index in [1.807, 2.05) is 24.3 Å².